The summed E-state index contributed by atoms with van der Waals surface area (Å²) in [5, 5.41) is 33.6. The van der Waals surface area contributed by atoms with E-state index in [0.29, 0.717) is 16.6 Å². The lowest BCUT2D eigenvalue weighted by atomic mass is 10.0. The number of phenolic OH excluding ortho intramolecular Hbond substituents is 1. The fraction of sp³-hybridized carbons (Fsp3) is 0. The van der Waals surface area contributed by atoms with E-state index in [1.807, 2.05) is 0 Å². The molecule has 0 aliphatic rings. The van der Waals surface area contributed by atoms with Gasteiger partial charge in [0, 0.05) is 11.6 Å². The number of H-pyrrole nitrogens is 1. The Hall–Kier alpha value is -5.44. The van der Waals surface area contributed by atoms with E-state index in [0.717, 1.165) is 0 Å². The minimum atomic E-state index is -0.614. The average Bonchev–Trinajstić information content (AvgIpc) is 3.53. The minimum Gasteiger partial charge on any atom is -0.505 e. The van der Waals surface area contributed by atoms with Gasteiger partial charge in [-0.2, -0.15) is 15.2 Å². The Balaban J connectivity index is 1.62. The van der Waals surface area contributed by atoms with Crippen LogP contribution in [-0.2, 0) is 0 Å². The largest absolute Gasteiger partial charge is 0.505 e. The van der Waals surface area contributed by atoms with Gasteiger partial charge in [-0.25, -0.2) is 19.6 Å². The molecule has 12 heteroatoms. The van der Waals surface area contributed by atoms with Crippen LogP contribution >= 0.6 is 0 Å². The number of aromatic nitrogens is 6. The van der Waals surface area contributed by atoms with Crippen LogP contribution in [0.3, 0.4) is 0 Å². The van der Waals surface area contributed by atoms with Gasteiger partial charge >= 0.3 is 0 Å². The van der Waals surface area contributed by atoms with E-state index in [4.69, 9.17) is 6.57 Å². The molecule has 34 heavy (non-hydrogen) atoms. The van der Waals surface area contributed by atoms with Gasteiger partial charge in [-0.3, -0.25) is 10.1 Å². The number of carbonyl (C=O) groups excluding carboxylic acids is 1. The molecule has 0 fully saturated rings. The van der Waals surface area contributed by atoms with Gasteiger partial charge in [0.05, 0.1) is 18.3 Å². The second-order valence-electron chi connectivity index (χ2n) is 6.90. The van der Waals surface area contributed by atoms with Crippen LogP contribution in [0, 0.1) is 6.57 Å². The van der Waals surface area contributed by atoms with Crippen molar-refractivity contribution in [3.05, 3.63) is 84.2 Å². The summed E-state index contributed by atoms with van der Waals surface area (Å²) in [5.41, 5.74) is 0.177. The van der Waals surface area contributed by atoms with Gasteiger partial charge in [0.2, 0.25) is 5.95 Å². The molecule has 0 radical (unpaired) electrons. The summed E-state index contributed by atoms with van der Waals surface area (Å²) in [6, 6.07) is 13.9. The summed E-state index contributed by atoms with van der Waals surface area (Å²) >= 11 is 0. The maximum Gasteiger partial charge on any atom is 0.261 e. The summed E-state index contributed by atoms with van der Waals surface area (Å²) in [5.74, 6) is -0.291. The zero-order valence-corrected chi connectivity index (χ0v) is 17.3. The molecule has 0 spiro atoms. The van der Waals surface area contributed by atoms with Crippen LogP contribution in [0.15, 0.2) is 77.5 Å². The van der Waals surface area contributed by atoms with Crippen LogP contribution in [-0.4, -0.2) is 41.0 Å². The van der Waals surface area contributed by atoms with Crippen LogP contribution < -0.4 is 5.32 Å². The van der Waals surface area contributed by atoms with Gasteiger partial charge in [-0.05, 0) is 23.6 Å². The number of pyridine rings is 1. The molecule has 3 aromatic heterocycles. The topological polar surface area (TPSA) is 151 Å². The number of anilines is 1. The second kappa shape index (κ2) is 8.60. The van der Waals surface area contributed by atoms with E-state index in [1.54, 1.807) is 48.7 Å². The molecule has 0 saturated carbocycles. The van der Waals surface area contributed by atoms with Gasteiger partial charge in [0.15, 0.2) is 17.4 Å². The van der Waals surface area contributed by atoms with Gasteiger partial charge in [0.1, 0.15) is 12.0 Å². The molecule has 5 aromatic rings. The van der Waals surface area contributed by atoms with Crippen molar-refractivity contribution in [3.8, 4) is 11.6 Å². The van der Waals surface area contributed by atoms with E-state index < -0.39 is 5.91 Å². The highest BCUT2D eigenvalue weighted by atomic mass is 16.3. The average molecular weight is 450 g/mol. The zero-order valence-electron chi connectivity index (χ0n) is 17.3. The van der Waals surface area contributed by atoms with Crippen molar-refractivity contribution >= 4 is 39.8 Å². The molecule has 12 nitrogen and oxygen atoms in total. The smallest absolute Gasteiger partial charge is 0.261 e. The number of aromatic amines is 1. The molecule has 3 N–H and O–H groups in total. The number of hydrogen-bond donors (Lipinski definition) is 3. The minimum absolute atomic E-state index is 0.0345. The third kappa shape index (κ3) is 3.69. The number of aromatic hydroxyl groups is 1. The Kier molecular flexibility index (Phi) is 5.17. The molecule has 0 aliphatic heterocycles. The maximum absolute atomic E-state index is 12.8. The summed E-state index contributed by atoms with van der Waals surface area (Å²) in [6.07, 6.45) is 4.19. The zero-order chi connectivity index (χ0) is 23.5. The second-order valence-corrected chi connectivity index (χ2v) is 6.90. The predicted octanol–water partition coefficient (Wildman–Crippen LogP) is 4.46. The molecule has 0 bridgehead atoms. The number of amides is 1. The maximum atomic E-state index is 12.8. The highest BCUT2D eigenvalue weighted by Crippen LogP contribution is 2.40. The van der Waals surface area contributed by atoms with E-state index in [2.05, 4.69) is 45.7 Å². The highest BCUT2D eigenvalue weighted by molar-refractivity contribution is 6.11. The van der Waals surface area contributed by atoms with Crippen LogP contribution in [0.2, 0.25) is 0 Å². The molecule has 0 unspecified atom stereocenters. The first-order valence-electron chi connectivity index (χ1n) is 9.86. The van der Waals surface area contributed by atoms with E-state index >= 15 is 0 Å². The lowest BCUT2D eigenvalue weighted by Crippen LogP contribution is -2.13. The molecule has 0 aliphatic carbocycles. The number of fused-ring (bicyclic) bond motifs is 1. The summed E-state index contributed by atoms with van der Waals surface area (Å²) in [7, 11) is 0. The van der Waals surface area contributed by atoms with E-state index in [9.17, 15) is 9.90 Å². The van der Waals surface area contributed by atoms with Gasteiger partial charge < -0.3 is 5.11 Å². The molecule has 5 rings (SSSR count). The first-order valence-corrected chi connectivity index (χ1v) is 9.86. The third-order valence-corrected chi connectivity index (χ3v) is 4.84. The number of hydrogen-bond acceptors (Lipinski definition) is 8. The summed E-state index contributed by atoms with van der Waals surface area (Å²) in [6.45, 7) is 7.43. The van der Waals surface area contributed by atoms with Crippen molar-refractivity contribution in [2.24, 2.45) is 10.2 Å². The quantitative estimate of drug-likeness (QED) is 0.266. The third-order valence-electron chi connectivity index (χ3n) is 4.84. The normalized spacial score (nSPS) is 11.0. The number of phenols is 1. The number of nitrogens with one attached hydrogen (secondary N) is 2. The lowest BCUT2D eigenvalue weighted by molar-refractivity contribution is 0.102. The number of azo groups is 1. The molecule has 3 heterocycles. The van der Waals surface area contributed by atoms with Gasteiger partial charge in [-0.15, -0.1) is 10.2 Å². The lowest BCUT2D eigenvalue weighted by Gasteiger charge is -2.10. The Labute approximate surface area is 191 Å². The highest BCUT2D eigenvalue weighted by Gasteiger charge is 2.20. The monoisotopic (exact) mass is 450 g/mol. The van der Waals surface area contributed by atoms with Crippen molar-refractivity contribution in [2.45, 2.75) is 0 Å². The van der Waals surface area contributed by atoms with Crippen LogP contribution in [0.1, 0.15) is 10.4 Å². The summed E-state index contributed by atoms with van der Waals surface area (Å²) in [4.78, 5) is 24.3. The Morgan fingerprint density at radius 1 is 1.15 bits per heavy atom. The van der Waals surface area contributed by atoms with E-state index in [1.165, 1.54) is 23.3 Å². The predicted molar refractivity (Wildman–Crippen MR) is 122 cm³/mol. The Morgan fingerprint density at radius 3 is 2.76 bits per heavy atom. The Morgan fingerprint density at radius 2 is 2.00 bits per heavy atom. The first kappa shape index (κ1) is 20.5. The standard InChI is InChI=1S/C22H14N10O2/c1-23-16-11-27-32(17-8-4-5-9-24-17)20(16)30-29-18-14-7-3-2-6-13(14)10-15(19(18)33)21(34)28-22-25-12-26-31-22/h2-12,33H,(H2,25,26,28,31,34)/b30-29+. The van der Waals surface area contributed by atoms with Crippen LogP contribution in [0.5, 0.6) is 5.75 Å². The SMILES string of the molecule is [C-]#[N+]c1cnn(-c2ccccn2)c1/N=N/c1c(O)c(C(=O)Nc2ncn[nH]2)cc2ccccc12. The molecule has 2 aromatic carbocycles. The molecule has 0 saturated heterocycles. The van der Waals surface area contributed by atoms with Crippen molar-refractivity contribution in [1.29, 1.82) is 0 Å². The van der Waals surface area contributed by atoms with Crippen LogP contribution in [0.4, 0.5) is 23.1 Å². The van der Waals surface area contributed by atoms with Crippen LogP contribution in [0.25, 0.3) is 21.4 Å². The van der Waals surface area contributed by atoms with Crippen molar-refractivity contribution in [1.82, 2.24) is 29.9 Å². The number of rotatable bonds is 5. The summed E-state index contributed by atoms with van der Waals surface area (Å²) < 4.78 is 1.37. The number of carbonyl (C=O) groups is 1. The molecule has 1 amide bonds. The van der Waals surface area contributed by atoms with Gasteiger partial charge in [0.25, 0.3) is 11.6 Å². The fourth-order valence-corrected chi connectivity index (χ4v) is 3.28. The molecular weight excluding hydrogens is 436 g/mol. The Bertz CT molecular complexity index is 1570. The molecule has 0 atom stereocenters. The van der Waals surface area contributed by atoms with Crippen molar-refractivity contribution < 1.29 is 9.90 Å². The molecular formula is C22H14N10O2. The van der Waals surface area contributed by atoms with Gasteiger partial charge in [-0.1, -0.05) is 30.3 Å². The van der Waals surface area contributed by atoms with E-state index in [-0.39, 0.29) is 34.5 Å². The molecule has 164 valence electrons. The van der Waals surface area contributed by atoms with Crippen molar-refractivity contribution in [3.63, 3.8) is 0 Å². The number of benzene rings is 2. The van der Waals surface area contributed by atoms with Crippen molar-refractivity contribution in [2.75, 3.05) is 5.32 Å². The fourth-order valence-electron chi connectivity index (χ4n) is 3.28. The number of nitrogens with zero attached hydrogens (tertiary/aromatic N) is 8. The first-order chi connectivity index (χ1) is 16.7.